The molecule has 3 aromatic heterocycles. The van der Waals surface area contributed by atoms with Gasteiger partial charge in [-0.3, -0.25) is 9.69 Å². The number of benzene rings is 2. The van der Waals surface area contributed by atoms with E-state index in [-0.39, 0.29) is 18.0 Å². The van der Waals surface area contributed by atoms with Crippen LogP contribution in [0.4, 0.5) is 13.2 Å². The van der Waals surface area contributed by atoms with Crippen LogP contribution in [-0.4, -0.2) is 78.4 Å². The van der Waals surface area contributed by atoms with Gasteiger partial charge in [-0.1, -0.05) is 0 Å². The summed E-state index contributed by atoms with van der Waals surface area (Å²) >= 11 is 0. The number of hydrogen-bond acceptors (Lipinski definition) is 7. The molecule has 0 saturated carbocycles. The molecule has 0 radical (unpaired) electrons. The van der Waals surface area contributed by atoms with Crippen LogP contribution in [0.3, 0.4) is 0 Å². The highest BCUT2D eigenvalue weighted by Crippen LogP contribution is 2.26. The fourth-order valence-electron chi connectivity index (χ4n) is 4.74. The van der Waals surface area contributed by atoms with Crippen molar-refractivity contribution >= 4 is 11.6 Å². The third-order valence-electron chi connectivity index (χ3n) is 6.84. The highest BCUT2D eigenvalue weighted by atomic mass is 19.2. The van der Waals surface area contributed by atoms with E-state index in [1.165, 1.54) is 28.0 Å². The number of methoxy groups -OCH3 is 1. The average Bonchev–Trinajstić information content (AvgIpc) is 3.66. The molecule has 10 nitrogen and oxygen atoms in total. The molecule has 5 aromatic rings. The van der Waals surface area contributed by atoms with Gasteiger partial charge in [-0.15, -0.1) is 0 Å². The molecule has 1 fully saturated rings. The molecular weight excluding hydrogens is 525 g/mol. The number of piperazine rings is 1. The van der Waals surface area contributed by atoms with Crippen molar-refractivity contribution < 1.29 is 22.7 Å². The first-order chi connectivity index (χ1) is 19.4. The van der Waals surface area contributed by atoms with Gasteiger partial charge in [0.2, 0.25) is 0 Å². The van der Waals surface area contributed by atoms with E-state index in [9.17, 15) is 18.0 Å². The Morgan fingerprint density at radius 2 is 1.77 bits per heavy atom. The van der Waals surface area contributed by atoms with Gasteiger partial charge in [0.1, 0.15) is 29.8 Å². The van der Waals surface area contributed by atoms with Crippen molar-refractivity contribution in [2.45, 2.75) is 6.54 Å². The maximum absolute atomic E-state index is 14.1. The number of ether oxygens (including phenoxy) is 1. The fraction of sp³-hybridized carbons (Fsp3) is 0.222. The maximum Gasteiger partial charge on any atom is 0.259 e. The zero-order valence-corrected chi connectivity index (χ0v) is 21.3. The summed E-state index contributed by atoms with van der Waals surface area (Å²) in [6.07, 6.45) is 4.40. The number of aromatic nitrogens is 6. The molecule has 0 aliphatic carbocycles. The first-order valence-corrected chi connectivity index (χ1v) is 12.4. The van der Waals surface area contributed by atoms with Crippen molar-refractivity contribution in [3.8, 4) is 22.8 Å². The molecule has 1 aliphatic rings. The lowest BCUT2D eigenvalue weighted by Gasteiger charge is -2.34. The van der Waals surface area contributed by atoms with Crippen molar-refractivity contribution in [2.24, 2.45) is 0 Å². The van der Waals surface area contributed by atoms with Crippen LogP contribution in [0.15, 0.2) is 61.3 Å². The van der Waals surface area contributed by atoms with Crippen molar-refractivity contribution in [3.63, 3.8) is 0 Å². The number of nitrogens with zero attached hydrogens (tertiary/aromatic N) is 8. The number of rotatable bonds is 6. The summed E-state index contributed by atoms with van der Waals surface area (Å²) in [4.78, 5) is 25.9. The van der Waals surface area contributed by atoms with Crippen LogP contribution in [0.5, 0.6) is 5.75 Å². The predicted octanol–water partition coefficient (Wildman–Crippen LogP) is 3.36. The van der Waals surface area contributed by atoms with Gasteiger partial charge in [0.15, 0.2) is 23.1 Å². The lowest BCUT2D eigenvalue weighted by atomic mass is 10.1. The smallest absolute Gasteiger partial charge is 0.259 e. The van der Waals surface area contributed by atoms with Crippen LogP contribution in [0, 0.1) is 17.5 Å². The molecular formula is C27H23F3N8O2. The normalized spacial score (nSPS) is 14.2. The maximum atomic E-state index is 14.1. The highest BCUT2D eigenvalue weighted by Gasteiger charge is 2.27. The number of amides is 1. The van der Waals surface area contributed by atoms with Gasteiger partial charge in [0.25, 0.3) is 5.91 Å². The molecule has 1 aliphatic heterocycles. The van der Waals surface area contributed by atoms with Gasteiger partial charge >= 0.3 is 0 Å². The van der Waals surface area contributed by atoms with E-state index in [0.29, 0.717) is 60.7 Å². The Bertz CT molecular complexity index is 1680. The second-order valence-electron chi connectivity index (χ2n) is 9.29. The molecule has 0 unspecified atom stereocenters. The third kappa shape index (κ3) is 4.75. The summed E-state index contributed by atoms with van der Waals surface area (Å²) in [5.41, 5.74) is 2.01. The Morgan fingerprint density at radius 1 is 1.00 bits per heavy atom. The van der Waals surface area contributed by atoms with E-state index < -0.39 is 17.5 Å². The van der Waals surface area contributed by atoms with E-state index >= 15 is 0 Å². The zero-order chi connectivity index (χ0) is 27.8. The van der Waals surface area contributed by atoms with Crippen LogP contribution in [-0.2, 0) is 6.54 Å². The number of halogens is 3. The lowest BCUT2D eigenvalue weighted by Crippen LogP contribution is -2.48. The molecule has 0 bridgehead atoms. The Balaban J connectivity index is 1.27. The van der Waals surface area contributed by atoms with Crippen molar-refractivity contribution in [1.82, 2.24) is 39.2 Å². The Labute approximate surface area is 226 Å². The van der Waals surface area contributed by atoms with Crippen LogP contribution in [0.2, 0.25) is 0 Å². The molecule has 4 heterocycles. The van der Waals surface area contributed by atoms with E-state index in [1.807, 2.05) is 29.2 Å². The van der Waals surface area contributed by atoms with Crippen LogP contribution in [0.1, 0.15) is 15.9 Å². The molecule has 13 heteroatoms. The average molecular weight is 549 g/mol. The minimum atomic E-state index is -1.22. The lowest BCUT2D eigenvalue weighted by molar-refractivity contribution is 0.0628. The second kappa shape index (κ2) is 10.4. The Kier molecular flexibility index (Phi) is 6.64. The number of carbonyl (C=O) groups excluding carboxylic acids is 1. The van der Waals surface area contributed by atoms with Gasteiger partial charge in [0.05, 0.1) is 19.0 Å². The number of hydrogen-bond donors (Lipinski definition) is 0. The number of fused-ring (bicyclic) bond motifs is 1. The summed E-state index contributed by atoms with van der Waals surface area (Å²) in [5.74, 6) is -2.13. The molecule has 204 valence electrons. The summed E-state index contributed by atoms with van der Waals surface area (Å²) < 4.78 is 49.7. The summed E-state index contributed by atoms with van der Waals surface area (Å²) in [7, 11) is 1.59. The van der Waals surface area contributed by atoms with E-state index in [4.69, 9.17) is 9.72 Å². The summed E-state index contributed by atoms with van der Waals surface area (Å²) in [5, 5.41) is 8.65. The van der Waals surface area contributed by atoms with Crippen LogP contribution < -0.4 is 4.74 Å². The molecule has 0 spiro atoms. The standard InChI is InChI=1S/C27H23F3N8O2/c1-40-20-4-2-17(3-5-20)23-12-24(37-16-31-15-33-37)38-26(34-23)21(13-32-38)27(39)36-8-6-35(7-9-36)14-18-10-19(28)11-22(29)25(18)30/h2-5,10-13,15-16H,6-9,14H2,1H3. The second-order valence-corrected chi connectivity index (χ2v) is 9.29. The van der Waals surface area contributed by atoms with E-state index in [2.05, 4.69) is 15.2 Å². The molecule has 2 aromatic carbocycles. The molecule has 1 amide bonds. The molecule has 1 saturated heterocycles. The third-order valence-corrected chi connectivity index (χ3v) is 6.84. The van der Waals surface area contributed by atoms with Crippen molar-refractivity contribution in [3.05, 3.63) is 89.9 Å². The van der Waals surface area contributed by atoms with Gasteiger partial charge in [-0.2, -0.15) is 14.7 Å². The first-order valence-electron chi connectivity index (χ1n) is 12.4. The Hall–Kier alpha value is -4.78. The van der Waals surface area contributed by atoms with Gasteiger partial charge in [0, 0.05) is 56.0 Å². The van der Waals surface area contributed by atoms with Crippen LogP contribution >= 0.6 is 0 Å². The van der Waals surface area contributed by atoms with Gasteiger partial charge < -0.3 is 9.64 Å². The quantitative estimate of drug-likeness (QED) is 0.301. The van der Waals surface area contributed by atoms with Gasteiger partial charge in [-0.05, 0) is 30.3 Å². The first kappa shape index (κ1) is 25.5. The largest absolute Gasteiger partial charge is 0.497 e. The molecule has 6 rings (SSSR count). The van der Waals surface area contributed by atoms with Crippen molar-refractivity contribution in [1.29, 1.82) is 0 Å². The zero-order valence-electron chi connectivity index (χ0n) is 21.3. The highest BCUT2D eigenvalue weighted by molar-refractivity contribution is 6.00. The molecule has 0 N–H and O–H groups in total. The van der Waals surface area contributed by atoms with E-state index in [0.717, 1.165) is 11.6 Å². The Morgan fingerprint density at radius 3 is 2.48 bits per heavy atom. The summed E-state index contributed by atoms with van der Waals surface area (Å²) in [6, 6.07) is 10.7. The minimum absolute atomic E-state index is 0.0350. The fourth-order valence-corrected chi connectivity index (χ4v) is 4.74. The minimum Gasteiger partial charge on any atom is -0.497 e. The van der Waals surface area contributed by atoms with Gasteiger partial charge in [-0.25, -0.2) is 27.8 Å². The molecule has 40 heavy (non-hydrogen) atoms. The topological polar surface area (TPSA) is 93.7 Å². The summed E-state index contributed by atoms with van der Waals surface area (Å²) in [6.45, 7) is 1.51. The van der Waals surface area contributed by atoms with Crippen molar-refractivity contribution in [2.75, 3.05) is 33.3 Å². The predicted molar refractivity (Wildman–Crippen MR) is 137 cm³/mol. The van der Waals surface area contributed by atoms with Crippen LogP contribution in [0.25, 0.3) is 22.7 Å². The van der Waals surface area contributed by atoms with E-state index in [1.54, 1.807) is 18.1 Å². The monoisotopic (exact) mass is 548 g/mol. The number of carbonyl (C=O) groups is 1. The molecule has 0 atom stereocenters. The SMILES string of the molecule is COc1ccc(-c2cc(-n3cncn3)n3ncc(C(=O)N4CCN(Cc5cc(F)cc(F)c5F)CC4)c3n2)cc1.